The van der Waals surface area contributed by atoms with Gasteiger partial charge < -0.3 is 14.2 Å². The van der Waals surface area contributed by atoms with Gasteiger partial charge in [0, 0.05) is 0 Å². The number of hydrogen-bond acceptors (Lipinski definition) is 5. The number of rotatable bonds is 25. The van der Waals surface area contributed by atoms with E-state index in [9.17, 15) is 9.59 Å². The normalized spacial score (nSPS) is 11.6. The van der Waals surface area contributed by atoms with Crippen molar-refractivity contribution in [3.63, 3.8) is 0 Å². The average molecular weight is 657 g/mol. The lowest BCUT2D eigenvalue weighted by molar-refractivity contribution is -0.133. The molecule has 0 fully saturated rings. The second-order valence-corrected chi connectivity index (χ2v) is 13.2. The molecule has 0 aromatic heterocycles. The van der Waals surface area contributed by atoms with Crippen molar-refractivity contribution in [1.29, 1.82) is 0 Å². The standard InChI is InChI=1S/C43H60O5/c1-4-6-8-10-11-12-13-14-15-16-17-19-33-46-40-29-21-36(22-30-40)34-42(44)48-41-31-27-38(28-32-41)37-23-25-39(26-24-37)43(45)47-35(3)20-18-9-7-5-2/h21-32,35H,4-20,33-34H2,1-3H3. The highest BCUT2D eigenvalue weighted by atomic mass is 16.5. The molecule has 3 aromatic rings. The summed E-state index contributed by atoms with van der Waals surface area (Å²) in [7, 11) is 0. The van der Waals surface area contributed by atoms with Crippen molar-refractivity contribution >= 4 is 11.9 Å². The monoisotopic (exact) mass is 656 g/mol. The summed E-state index contributed by atoms with van der Waals surface area (Å²) in [6.07, 6.45) is 21.6. The largest absolute Gasteiger partial charge is 0.494 e. The Hall–Kier alpha value is -3.60. The lowest BCUT2D eigenvalue weighted by Crippen LogP contribution is -2.15. The van der Waals surface area contributed by atoms with E-state index in [-0.39, 0.29) is 24.5 Å². The van der Waals surface area contributed by atoms with Gasteiger partial charge in [0.05, 0.1) is 24.7 Å². The molecule has 48 heavy (non-hydrogen) atoms. The van der Waals surface area contributed by atoms with Crippen LogP contribution in [0.15, 0.2) is 72.8 Å². The third kappa shape index (κ3) is 16.0. The summed E-state index contributed by atoms with van der Waals surface area (Å²) in [5, 5.41) is 0. The molecular weight excluding hydrogens is 596 g/mol. The van der Waals surface area contributed by atoms with Crippen LogP contribution in [0.2, 0.25) is 0 Å². The number of unbranched alkanes of at least 4 members (excludes halogenated alkanes) is 14. The van der Waals surface area contributed by atoms with Gasteiger partial charge in [-0.2, -0.15) is 0 Å². The molecule has 0 amide bonds. The molecule has 0 saturated heterocycles. The van der Waals surface area contributed by atoms with Crippen LogP contribution in [0.25, 0.3) is 11.1 Å². The molecule has 0 spiro atoms. The molecule has 1 unspecified atom stereocenters. The van der Waals surface area contributed by atoms with Gasteiger partial charge in [0.25, 0.3) is 0 Å². The molecule has 0 aliphatic rings. The van der Waals surface area contributed by atoms with Gasteiger partial charge in [0.15, 0.2) is 0 Å². The van der Waals surface area contributed by atoms with Crippen LogP contribution in [0.4, 0.5) is 0 Å². The van der Waals surface area contributed by atoms with E-state index in [1.54, 1.807) is 24.3 Å². The fourth-order valence-electron chi connectivity index (χ4n) is 5.85. The maximum absolute atomic E-state index is 12.6. The Bertz CT molecular complexity index is 1280. The van der Waals surface area contributed by atoms with Crippen molar-refractivity contribution in [2.45, 2.75) is 142 Å². The van der Waals surface area contributed by atoms with E-state index in [1.165, 1.54) is 89.9 Å². The number of hydrogen-bond donors (Lipinski definition) is 0. The van der Waals surface area contributed by atoms with Crippen LogP contribution in [0.5, 0.6) is 11.5 Å². The van der Waals surface area contributed by atoms with E-state index in [4.69, 9.17) is 14.2 Å². The number of carbonyl (C=O) groups excluding carboxylic acids is 2. The molecule has 0 radical (unpaired) electrons. The molecule has 0 N–H and O–H groups in total. The van der Waals surface area contributed by atoms with Gasteiger partial charge in [-0.25, -0.2) is 4.79 Å². The van der Waals surface area contributed by atoms with Crippen LogP contribution in [0.1, 0.15) is 146 Å². The Balaban J connectivity index is 1.30. The van der Waals surface area contributed by atoms with Gasteiger partial charge in [-0.1, -0.05) is 140 Å². The molecule has 1 atom stereocenters. The van der Waals surface area contributed by atoms with Crippen LogP contribution < -0.4 is 9.47 Å². The molecule has 0 aliphatic heterocycles. The number of esters is 2. The van der Waals surface area contributed by atoms with Gasteiger partial charge in [-0.05, 0) is 79.3 Å². The average Bonchev–Trinajstić information content (AvgIpc) is 3.10. The molecule has 3 rings (SSSR count). The predicted molar refractivity (Wildman–Crippen MR) is 198 cm³/mol. The third-order valence-electron chi connectivity index (χ3n) is 8.85. The fourth-order valence-corrected chi connectivity index (χ4v) is 5.85. The highest BCUT2D eigenvalue weighted by Crippen LogP contribution is 2.24. The Morgan fingerprint density at radius 1 is 0.562 bits per heavy atom. The molecule has 0 aliphatic carbocycles. The molecular formula is C43H60O5. The van der Waals surface area contributed by atoms with Crippen LogP contribution in [0.3, 0.4) is 0 Å². The van der Waals surface area contributed by atoms with Gasteiger partial charge in [-0.15, -0.1) is 0 Å². The highest BCUT2D eigenvalue weighted by Gasteiger charge is 2.13. The molecule has 5 heteroatoms. The van der Waals surface area contributed by atoms with E-state index in [2.05, 4.69) is 13.8 Å². The van der Waals surface area contributed by atoms with Crippen LogP contribution in [-0.4, -0.2) is 24.6 Å². The maximum atomic E-state index is 12.6. The van der Waals surface area contributed by atoms with Crippen molar-refractivity contribution in [3.05, 3.63) is 83.9 Å². The van der Waals surface area contributed by atoms with Crippen LogP contribution in [-0.2, 0) is 16.0 Å². The second-order valence-electron chi connectivity index (χ2n) is 13.2. The molecule has 0 saturated carbocycles. The molecule has 5 nitrogen and oxygen atoms in total. The quantitative estimate of drug-likeness (QED) is 0.0516. The van der Waals surface area contributed by atoms with E-state index < -0.39 is 0 Å². The van der Waals surface area contributed by atoms with Crippen molar-refractivity contribution in [3.8, 4) is 22.6 Å². The summed E-state index contributed by atoms with van der Waals surface area (Å²) >= 11 is 0. The minimum atomic E-state index is -0.310. The topological polar surface area (TPSA) is 61.8 Å². The molecule has 0 bridgehead atoms. The van der Waals surface area contributed by atoms with Gasteiger partial charge >= 0.3 is 11.9 Å². The molecule has 262 valence electrons. The predicted octanol–water partition coefficient (Wildman–Crippen LogP) is 12.1. The summed E-state index contributed by atoms with van der Waals surface area (Å²) in [5.41, 5.74) is 3.37. The lowest BCUT2D eigenvalue weighted by atomic mass is 10.0. The van der Waals surface area contributed by atoms with Crippen molar-refractivity contribution < 1.29 is 23.8 Å². The highest BCUT2D eigenvalue weighted by molar-refractivity contribution is 5.90. The number of ether oxygens (including phenoxy) is 3. The zero-order chi connectivity index (χ0) is 34.2. The lowest BCUT2D eigenvalue weighted by Gasteiger charge is -2.13. The first-order chi connectivity index (χ1) is 23.5. The second kappa shape index (κ2) is 23.7. The van der Waals surface area contributed by atoms with Gasteiger partial charge in [0.1, 0.15) is 11.5 Å². The first kappa shape index (κ1) is 38.8. The zero-order valence-corrected chi connectivity index (χ0v) is 30.0. The summed E-state index contributed by atoms with van der Waals surface area (Å²) in [5.74, 6) is 0.737. The number of benzene rings is 3. The van der Waals surface area contributed by atoms with Crippen molar-refractivity contribution in [2.24, 2.45) is 0 Å². The summed E-state index contributed by atoms with van der Waals surface area (Å²) in [6.45, 7) is 7.14. The van der Waals surface area contributed by atoms with Crippen LogP contribution >= 0.6 is 0 Å². The minimum Gasteiger partial charge on any atom is -0.494 e. The number of carbonyl (C=O) groups is 2. The zero-order valence-electron chi connectivity index (χ0n) is 30.0. The first-order valence-electron chi connectivity index (χ1n) is 18.8. The van der Waals surface area contributed by atoms with E-state index >= 15 is 0 Å². The third-order valence-corrected chi connectivity index (χ3v) is 8.85. The Kier molecular flexibility index (Phi) is 19.2. The van der Waals surface area contributed by atoms with Gasteiger partial charge in [0.2, 0.25) is 0 Å². The Morgan fingerprint density at radius 3 is 1.60 bits per heavy atom. The molecule has 0 heterocycles. The van der Waals surface area contributed by atoms with Crippen LogP contribution in [0, 0.1) is 0 Å². The summed E-state index contributed by atoms with van der Waals surface area (Å²) < 4.78 is 17.1. The Morgan fingerprint density at radius 2 is 1.04 bits per heavy atom. The van der Waals surface area contributed by atoms with E-state index in [1.807, 2.05) is 55.5 Å². The van der Waals surface area contributed by atoms with Crippen molar-refractivity contribution in [1.82, 2.24) is 0 Å². The maximum Gasteiger partial charge on any atom is 0.338 e. The smallest absolute Gasteiger partial charge is 0.338 e. The SMILES string of the molecule is CCCCCCCCCCCCCCOc1ccc(CC(=O)Oc2ccc(-c3ccc(C(=O)OC(C)CCCCCC)cc3)cc2)cc1. The summed E-state index contributed by atoms with van der Waals surface area (Å²) in [4.78, 5) is 25.1. The summed E-state index contributed by atoms with van der Waals surface area (Å²) in [6, 6.07) is 22.5. The van der Waals surface area contributed by atoms with Gasteiger partial charge in [-0.3, -0.25) is 4.79 Å². The van der Waals surface area contributed by atoms with E-state index in [0.29, 0.717) is 11.3 Å². The molecule has 3 aromatic carbocycles. The van der Waals surface area contributed by atoms with E-state index in [0.717, 1.165) is 48.3 Å². The van der Waals surface area contributed by atoms with Crippen molar-refractivity contribution in [2.75, 3.05) is 6.61 Å². The fraction of sp³-hybridized carbons (Fsp3) is 0.535. The minimum absolute atomic E-state index is 0.0866. The Labute approximate surface area is 290 Å². The first-order valence-corrected chi connectivity index (χ1v) is 18.8.